The van der Waals surface area contributed by atoms with Crippen LogP contribution in [-0.4, -0.2) is 35.0 Å². The van der Waals surface area contributed by atoms with Crippen LogP contribution in [-0.2, 0) is 9.59 Å². The van der Waals surface area contributed by atoms with E-state index in [2.05, 4.69) is 5.32 Å². The van der Waals surface area contributed by atoms with Gasteiger partial charge in [-0.2, -0.15) is 11.8 Å². The second-order valence-corrected chi connectivity index (χ2v) is 4.85. The van der Waals surface area contributed by atoms with Gasteiger partial charge in [0.25, 0.3) is 0 Å². The summed E-state index contributed by atoms with van der Waals surface area (Å²) in [5.41, 5.74) is 0. The second-order valence-electron chi connectivity index (χ2n) is 3.70. The Balaban J connectivity index is 2.09. The Morgan fingerprint density at radius 3 is 2.87 bits per heavy atom. The van der Waals surface area contributed by atoms with Gasteiger partial charge in [-0.1, -0.05) is 0 Å². The van der Waals surface area contributed by atoms with Crippen molar-refractivity contribution in [1.82, 2.24) is 5.32 Å². The van der Waals surface area contributed by atoms with E-state index in [1.807, 2.05) is 11.8 Å². The van der Waals surface area contributed by atoms with Gasteiger partial charge in [0.15, 0.2) is 0 Å². The summed E-state index contributed by atoms with van der Waals surface area (Å²) in [5.74, 6) is 1.48. The van der Waals surface area contributed by atoms with Gasteiger partial charge in [0.05, 0.1) is 0 Å². The molecule has 0 aliphatic carbocycles. The van der Waals surface area contributed by atoms with E-state index in [-0.39, 0.29) is 18.2 Å². The summed E-state index contributed by atoms with van der Waals surface area (Å²) < 4.78 is 0. The average molecular weight is 231 g/mol. The van der Waals surface area contributed by atoms with Crippen LogP contribution in [0.3, 0.4) is 0 Å². The predicted octanol–water partition coefficient (Wildman–Crippen LogP) is 1.11. The Kier molecular flexibility index (Phi) is 5.53. The van der Waals surface area contributed by atoms with Crippen molar-refractivity contribution in [3.8, 4) is 0 Å². The molecule has 0 spiro atoms. The molecule has 1 heterocycles. The molecule has 0 aromatic rings. The molecule has 1 atom stereocenters. The van der Waals surface area contributed by atoms with E-state index in [0.717, 1.165) is 24.3 Å². The number of hydrogen-bond acceptors (Lipinski definition) is 3. The molecule has 1 amide bonds. The number of aliphatic carboxylic acids is 1. The second kappa shape index (κ2) is 6.71. The molecular weight excluding hydrogens is 214 g/mol. The molecule has 0 saturated carbocycles. The first-order chi connectivity index (χ1) is 7.20. The molecule has 2 N–H and O–H groups in total. The number of amides is 1. The van der Waals surface area contributed by atoms with E-state index in [1.165, 1.54) is 0 Å². The minimum absolute atomic E-state index is 0.0904. The van der Waals surface area contributed by atoms with Crippen LogP contribution in [0, 0.1) is 5.92 Å². The van der Waals surface area contributed by atoms with Crippen molar-refractivity contribution in [3.63, 3.8) is 0 Å². The van der Waals surface area contributed by atoms with E-state index in [4.69, 9.17) is 5.11 Å². The van der Waals surface area contributed by atoms with Gasteiger partial charge in [0.2, 0.25) is 5.91 Å². The predicted molar refractivity (Wildman–Crippen MR) is 59.9 cm³/mol. The Bertz CT molecular complexity index is 227. The van der Waals surface area contributed by atoms with Gasteiger partial charge in [-0.25, -0.2) is 0 Å². The third-order valence-corrected chi connectivity index (χ3v) is 3.61. The largest absolute Gasteiger partial charge is 0.481 e. The van der Waals surface area contributed by atoms with E-state index in [9.17, 15) is 9.59 Å². The SMILES string of the molecule is O=C(O)CCCNC(=O)C1CCCSC1. The van der Waals surface area contributed by atoms with E-state index < -0.39 is 5.97 Å². The lowest BCUT2D eigenvalue weighted by Crippen LogP contribution is -2.34. The summed E-state index contributed by atoms with van der Waals surface area (Å²) in [4.78, 5) is 21.8. The van der Waals surface area contributed by atoms with Gasteiger partial charge >= 0.3 is 5.97 Å². The van der Waals surface area contributed by atoms with Gasteiger partial charge in [0, 0.05) is 24.6 Å². The quantitative estimate of drug-likeness (QED) is 0.696. The van der Waals surface area contributed by atoms with Gasteiger partial charge < -0.3 is 10.4 Å². The molecule has 0 aromatic carbocycles. The third-order valence-electron chi connectivity index (χ3n) is 2.40. The summed E-state index contributed by atoms with van der Waals surface area (Å²) in [6, 6.07) is 0. The van der Waals surface area contributed by atoms with Crippen LogP contribution >= 0.6 is 11.8 Å². The van der Waals surface area contributed by atoms with Crippen molar-refractivity contribution in [3.05, 3.63) is 0 Å². The monoisotopic (exact) mass is 231 g/mol. The van der Waals surface area contributed by atoms with Crippen molar-refractivity contribution in [2.45, 2.75) is 25.7 Å². The first-order valence-electron chi connectivity index (χ1n) is 5.27. The lowest BCUT2D eigenvalue weighted by molar-refractivity contribution is -0.137. The number of carbonyl (C=O) groups is 2. The van der Waals surface area contributed by atoms with Crippen LogP contribution in [0.1, 0.15) is 25.7 Å². The first-order valence-corrected chi connectivity index (χ1v) is 6.43. The molecule has 0 radical (unpaired) electrons. The highest BCUT2D eigenvalue weighted by atomic mass is 32.2. The molecular formula is C10H17NO3S. The zero-order valence-corrected chi connectivity index (χ0v) is 9.52. The molecule has 1 rings (SSSR count). The lowest BCUT2D eigenvalue weighted by Gasteiger charge is -2.20. The first kappa shape index (κ1) is 12.4. The molecule has 4 nitrogen and oxygen atoms in total. The maximum absolute atomic E-state index is 11.6. The van der Waals surface area contributed by atoms with Crippen LogP contribution in [0.25, 0.3) is 0 Å². The maximum Gasteiger partial charge on any atom is 0.303 e. The van der Waals surface area contributed by atoms with Crippen LogP contribution in [0.2, 0.25) is 0 Å². The topological polar surface area (TPSA) is 66.4 Å². The molecule has 86 valence electrons. The fourth-order valence-electron chi connectivity index (χ4n) is 1.54. The molecule has 1 aliphatic heterocycles. The minimum atomic E-state index is -0.808. The number of carboxylic acid groups (broad SMARTS) is 1. The summed E-state index contributed by atoms with van der Waals surface area (Å²) in [6.45, 7) is 0.478. The van der Waals surface area contributed by atoms with Gasteiger partial charge in [-0.15, -0.1) is 0 Å². The molecule has 1 aliphatic rings. The number of thioether (sulfide) groups is 1. The van der Waals surface area contributed by atoms with Gasteiger partial charge in [-0.3, -0.25) is 9.59 Å². The molecule has 5 heteroatoms. The number of carboxylic acids is 1. The Labute approximate surface area is 93.8 Å². The van der Waals surface area contributed by atoms with Crippen LogP contribution in [0.4, 0.5) is 0 Å². The smallest absolute Gasteiger partial charge is 0.303 e. The van der Waals surface area contributed by atoms with Crippen molar-refractivity contribution in [2.24, 2.45) is 5.92 Å². The molecule has 15 heavy (non-hydrogen) atoms. The lowest BCUT2D eigenvalue weighted by atomic mass is 10.0. The third kappa shape index (κ3) is 5.06. The summed E-state index contributed by atoms with van der Waals surface area (Å²) in [7, 11) is 0. The van der Waals surface area contributed by atoms with Gasteiger partial charge in [-0.05, 0) is 25.0 Å². The highest BCUT2D eigenvalue weighted by Gasteiger charge is 2.20. The number of rotatable bonds is 5. The van der Waals surface area contributed by atoms with Crippen molar-refractivity contribution >= 4 is 23.6 Å². The van der Waals surface area contributed by atoms with E-state index in [1.54, 1.807) is 0 Å². The zero-order chi connectivity index (χ0) is 11.1. The Hall–Kier alpha value is -0.710. The number of carbonyl (C=O) groups excluding carboxylic acids is 1. The van der Waals surface area contributed by atoms with Crippen LogP contribution in [0.15, 0.2) is 0 Å². The fraction of sp³-hybridized carbons (Fsp3) is 0.800. The summed E-state index contributed by atoms with van der Waals surface area (Å²) in [5, 5.41) is 11.2. The average Bonchev–Trinajstić information content (AvgIpc) is 2.25. The highest BCUT2D eigenvalue weighted by Crippen LogP contribution is 2.22. The van der Waals surface area contributed by atoms with Gasteiger partial charge in [0.1, 0.15) is 0 Å². The number of hydrogen-bond donors (Lipinski definition) is 2. The van der Waals surface area contributed by atoms with E-state index in [0.29, 0.717) is 13.0 Å². The fourth-order valence-corrected chi connectivity index (χ4v) is 2.68. The Morgan fingerprint density at radius 2 is 2.27 bits per heavy atom. The van der Waals surface area contributed by atoms with Crippen LogP contribution < -0.4 is 5.32 Å². The molecule has 0 bridgehead atoms. The van der Waals surface area contributed by atoms with Crippen molar-refractivity contribution in [2.75, 3.05) is 18.1 Å². The Morgan fingerprint density at radius 1 is 1.47 bits per heavy atom. The zero-order valence-electron chi connectivity index (χ0n) is 8.70. The van der Waals surface area contributed by atoms with E-state index >= 15 is 0 Å². The normalized spacial score (nSPS) is 20.9. The highest BCUT2D eigenvalue weighted by molar-refractivity contribution is 7.99. The van der Waals surface area contributed by atoms with Crippen molar-refractivity contribution in [1.29, 1.82) is 0 Å². The maximum atomic E-state index is 11.6. The standard InChI is InChI=1S/C10H17NO3S/c12-9(13)4-1-5-11-10(14)8-3-2-6-15-7-8/h8H,1-7H2,(H,11,14)(H,12,13). The van der Waals surface area contributed by atoms with Crippen LogP contribution in [0.5, 0.6) is 0 Å². The molecule has 1 saturated heterocycles. The minimum Gasteiger partial charge on any atom is -0.481 e. The summed E-state index contributed by atoms with van der Waals surface area (Å²) >= 11 is 1.82. The molecule has 0 aromatic heterocycles. The molecule has 1 fully saturated rings. The molecule has 1 unspecified atom stereocenters. The summed E-state index contributed by atoms with van der Waals surface area (Å²) in [6.07, 6.45) is 2.72. The van der Waals surface area contributed by atoms with Crippen molar-refractivity contribution < 1.29 is 14.7 Å². The number of nitrogens with one attached hydrogen (secondary N) is 1.